The molecule has 2 unspecified atom stereocenters. The lowest BCUT2D eigenvalue weighted by Gasteiger charge is -2.36. The SMILES string of the molecule is Cc1cc(OC2CC3CCC(C2)N3C)ccc1Cl. The molecule has 0 saturated carbocycles. The molecule has 2 aliphatic rings. The monoisotopic (exact) mass is 265 g/mol. The van der Waals surface area contributed by atoms with Crippen molar-refractivity contribution in [1.82, 2.24) is 4.90 Å². The molecule has 2 atom stereocenters. The maximum Gasteiger partial charge on any atom is 0.120 e. The number of fused-ring (bicyclic) bond motifs is 2. The number of aryl methyl sites for hydroxylation is 1. The molecule has 2 fully saturated rings. The van der Waals surface area contributed by atoms with Crippen molar-refractivity contribution >= 4 is 11.6 Å². The number of hydrogen-bond donors (Lipinski definition) is 0. The van der Waals surface area contributed by atoms with Gasteiger partial charge in [-0.1, -0.05) is 11.6 Å². The normalized spacial score (nSPS) is 31.6. The van der Waals surface area contributed by atoms with Gasteiger partial charge in [0.15, 0.2) is 0 Å². The summed E-state index contributed by atoms with van der Waals surface area (Å²) in [5.41, 5.74) is 1.09. The summed E-state index contributed by atoms with van der Waals surface area (Å²) in [7, 11) is 2.25. The van der Waals surface area contributed by atoms with Gasteiger partial charge in [0.05, 0.1) is 0 Å². The van der Waals surface area contributed by atoms with E-state index in [1.165, 1.54) is 12.8 Å². The van der Waals surface area contributed by atoms with E-state index < -0.39 is 0 Å². The lowest BCUT2D eigenvalue weighted by Crippen LogP contribution is -2.43. The number of nitrogens with zero attached hydrogens (tertiary/aromatic N) is 1. The Balaban J connectivity index is 1.68. The lowest BCUT2D eigenvalue weighted by atomic mass is 10.0. The van der Waals surface area contributed by atoms with Crippen LogP contribution in [0.5, 0.6) is 5.75 Å². The highest BCUT2D eigenvalue weighted by Crippen LogP contribution is 2.36. The molecule has 0 radical (unpaired) electrons. The van der Waals surface area contributed by atoms with Crippen LogP contribution in [-0.2, 0) is 0 Å². The van der Waals surface area contributed by atoms with Crippen molar-refractivity contribution in [3.63, 3.8) is 0 Å². The third-order valence-electron chi connectivity index (χ3n) is 4.49. The highest BCUT2D eigenvalue weighted by atomic mass is 35.5. The Kier molecular flexibility index (Phi) is 3.25. The second-order valence-corrected chi connectivity index (χ2v) is 6.08. The first kappa shape index (κ1) is 12.3. The largest absolute Gasteiger partial charge is 0.490 e. The minimum Gasteiger partial charge on any atom is -0.490 e. The average molecular weight is 266 g/mol. The maximum absolute atomic E-state index is 6.13. The third kappa shape index (κ3) is 2.24. The van der Waals surface area contributed by atoms with Gasteiger partial charge in [-0.3, -0.25) is 0 Å². The Morgan fingerprint density at radius 1 is 1.22 bits per heavy atom. The number of piperidine rings is 1. The van der Waals surface area contributed by atoms with Crippen LogP contribution in [-0.4, -0.2) is 30.1 Å². The molecule has 2 saturated heterocycles. The second-order valence-electron chi connectivity index (χ2n) is 5.67. The van der Waals surface area contributed by atoms with Crippen LogP contribution < -0.4 is 4.74 Å². The minimum atomic E-state index is 0.374. The van der Waals surface area contributed by atoms with Gasteiger partial charge in [-0.05, 0) is 63.4 Å². The maximum atomic E-state index is 6.13. The number of halogens is 1. The minimum absolute atomic E-state index is 0.374. The Bertz CT molecular complexity index is 434. The van der Waals surface area contributed by atoms with E-state index in [1.807, 2.05) is 25.1 Å². The molecule has 2 heterocycles. The Hall–Kier alpha value is -0.730. The van der Waals surface area contributed by atoms with Crippen LogP contribution >= 0.6 is 11.6 Å². The molecular formula is C15H20ClNO. The quantitative estimate of drug-likeness (QED) is 0.809. The smallest absolute Gasteiger partial charge is 0.120 e. The number of rotatable bonds is 2. The molecule has 0 aliphatic carbocycles. The zero-order valence-electron chi connectivity index (χ0n) is 11.0. The fraction of sp³-hybridized carbons (Fsp3) is 0.600. The van der Waals surface area contributed by atoms with Crippen LogP contribution in [0.25, 0.3) is 0 Å². The molecule has 1 aromatic rings. The van der Waals surface area contributed by atoms with Crippen LogP contribution in [0.2, 0.25) is 5.02 Å². The topological polar surface area (TPSA) is 12.5 Å². The van der Waals surface area contributed by atoms with Gasteiger partial charge in [-0.2, -0.15) is 0 Å². The Labute approximate surface area is 114 Å². The summed E-state index contributed by atoms with van der Waals surface area (Å²) in [6, 6.07) is 7.40. The van der Waals surface area contributed by atoms with Crippen molar-refractivity contribution in [2.24, 2.45) is 0 Å². The first-order chi connectivity index (χ1) is 8.63. The van der Waals surface area contributed by atoms with E-state index in [0.29, 0.717) is 6.10 Å². The van der Waals surface area contributed by atoms with E-state index in [9.17, 15) is 0 Å². The molecule has 1 aromatic carbocycles. The van der Waals surface area contributed by atoms with Crippen molar-refractivity contribution in [3.8, 4) is 5.75 Å². The fourth-order valence-corrected chi connectivity index (χ4v) is 3.46. The van der Waals surface area contributed by atoms with E-state index in [2.05, 4.69) is 11.9 Å². The zero-order chi connectivity index (χ0) is 12.7. The first-order valence-corrected chi connectivity index (χ1v) is 7.16. The number of benzene rings is 1. The summed E-state index contributed by atoms with van der Waals surface area (Å²) >= 11 is 6.04. The average Bonchev–Trinajstić information content (AvgIpc) is 2.58. The van der Waals surface area contributed by atoms with Crippen LogP contribution in [0.3, 0.4) is 0 Å². The third-order valence-corrected chi connectivity index (χ3v) is 4.91. The molecule has 0 spiro atoms. The molecule has 3 rings (SSSR count). The summed E-state index contributed by atoms with van der Waals surface area (Å²) in [6.45, 7) is 2.02. The van der Waals surface area contributed by atoms with E-state index in [-0.39, 0.29) is 0 Å². The van der Waals surface area contributed by atoms with Crippen molar-refractivity contribution in [3.05, 3.63) is 28.8 Å². The van der Waals surface area contributed by atoms with E-state index in [4.69, 9.17) is 16.3 Å². The van der Waals surface area contributed by atoms with Gasteiger partial charge in [0, 0.05) is 17.1 Å². The predicted molar refractivity (Wildman–Crippen MR) is 74.4 cm³/mol. The van der Waals surface area contributed by atoms with E-state index in [1.54, 1.807) is 0 Å². The molecule has 0 amide bonds. The summed E-state index contributed by atoms with van der Waals surface area (Å²) in [5.74, 6) is 0.964. The van der Waals surface area contributed by atoms with Crippen molar-refractivity contribution in [2.45, 2.75) is 50.8 Å². The molecule has 0 N–H and O–H groups in total. The second kappa shape index (κ2) is 4.75. The van der Waals surface area contributed by atoms with Gasteiger partial charge in [0.25, 0.3) is 0 Å². The summed E-state index contributed by atoms with van der Waals surface area (Å²) in [4.78, 5) is 2.53. The van der Waals surface area contributed by atoms with Crippen LogP contribution in [0.15, 0.2) is 18.2 Å². The molecule has 0 aromatic heterocycles. The summed E-state index contributed by atoms with van der Waals surface area (Å²) in [6.07, 6.45) is 5.37. The Morgan fingerprint density at radius 3 is 2.50 bits per heavy atom. The molecule has 3 heteroatoms. The molecule has 2 nitrogen and oxygen atoms in total. The molecular weight excluding hydrogens is 246 g/mol. The molecule has 18 heavy (non-hydrogen) atoms. The van der Waals surface area contributed by atoms with Gasteiger partial charge >= 0.3 is 0 Å². The first-order valence-electron chi connectivity index (χ1n) is 6.78. The van der Waals surface area contributed by atoms with Gasteiger partial charge in [-0.25, -0.2) is 0 Å². The van der Waals surface area contributed by atoms with Crippen LogP contribution in [0.4, 0.5) is 0 Å². The lowest BCUT2D eigenvalue weighted by molar-refractivity contribution is 0.0661. The van der Waals surface area contributed by atoms with Crippen LogP contribution in [0.1, 0.15) is 31.2 Å². The summed E-state index contributed by atoms with van der Waals surface area (Å²) < 4.78 is 6.13. The van der Waals surface area contributed by atoms with Crippen LogP contribution in [0, 0.1) is 6.92 Å². The van der Waals surface area contributed by atoms with Gasteiger partial charge < -0.3 is 9.64 Å². The molecule has 2 aliphatic heterocycles. The van der Waals surface area contributed by atoms with Gasteiger partial charge in [0.1, 0.15) is 11.9 Å². The number of ether oxygens (including phenoxy) is 1. The fourth-order valence-electron chi connectivity index (χ4n) is 3.34. The van der Waals surface area contributed by atoms with Crippen molar-refractivity contribution < 1.29 is 4.74 Å². The van der Waals surface area contributed by atoms with Crippen molar-refractivity contribution in [1.29, 1.82) is 0 Å². The predicted octanol–water partition coefficient (Wildman–Crippen LogP) is 3.65. The highest BCUT2D eigenvalue weighted by molar-refractivity contribution is 6.31. The van der Waals surface area contributed by atoms with Gasteiger partial charge in [0.2, 0.25) is 0 Å². The Morgan fingerprint density at radius 2 is 1.89 bits per heavy atom. The van der Waals surface area contributed by atoms with Crippen molar-refractivity contribution in [2.75, 3.05) is 7.05 Å². The zero-order valence-corrected chi connectivity index (χ0v) is 11.8. The molecule has 98 valence electrons. The van der Waals surface area contributed by atoms with Gasteiger partial charge in [-0.15, -0.1) is 0 Å². The summed E-state index contributed by atoms with van der Waals surface area (Å²) in [5, 5.41) is 0.811. The standard InChI is InChI=1S/C15H20ClNO/c1-10-7-13(5-6-15(10)16)18-14-8-11-3-4-12(9-14)17(11)2/h5-7,11-12,14H,3-4,8-9H2,1-2H3. The van der Waals surface area contributed by atoms with E-state index >= 15 is 0 Å². The number of hydrogen-bond acceptors (Lipinski definition) is 2. The molecule has 2 bridgehead atoms. The van der Waals surface area contributed by atoms with E-state index in [0.717, 1.165) is 41.3 Å². The highest BCUT2D eigenvalue weighted by Gasteiger charge is 2.39.